The van der Waals surface area contributed by atoms with Crippen molar-refractivity contribution in [2.45, 2.75) is 10.9 Å². The third kappa shape index (κ3) is 5.45. The number of carbonyl (C=O) groups is 1. The van der Waals surface area contributed by atoms with Gasteiger partial charge in [-0.25, -0.2) is 8.42 Å². The molecule has 0 saturated heterocycles. The number of nitrogens with zero attached hydrogens (tertiary/aromatic N) is 5. The molecule has 33 heavy (non-hydrogen) atoms. The first kappa shape index (κ1) is 23.4. The van der Waals surface area contributed by atoms with E-state index >= 15 is 0 Å². The van der Waals surface area contributed by atoms with E-state index in [2.05, 4.69) is 41.6 Å². The molecular weight excluding hydrogens is 556 g/mol. The van der Waals surface area contributed by atoms with Crippen molar-refractivity contribution in [1.29, 1.82) is 0 Å². The summed E-state index contributed by atoms with van der Waals surface area (Å²) in [5, 5.41) is 14.4. The summed E-state index contributed by atoms with van der Waals surface area (Å²) in [4.78, 5) is 16.5. The van der Waals surface area contributed by atoms with Gasteiger partial charge in [-0.1, -0.05) is 56.2 Å². The number of anilines is 1. The van der Waals surface area contributed by atoms with E-state index in [4.69, 9.17) is 16.1 Å². The number of benzene rings is 2. The van der Waals surface area contributed by atoms with E-state index in [0.717, 1.165) is 25.7 Å². The molecule has 0 unspecified atom stereocenters. The lowest BCUT2D eigenvalue weighted by atomic mass is 10.2. The Morgan fingerprint density at radius 2 is 1.97 bits per heavy atom. The molecule has 0 aliphatic rings. The first-order valence-corrected chi connectivity index (χ1v) is 12.6. The molecule has 14 heteroatoms. The minimum Gasteiger partial charge on any atom is -0.338 e. The summed E-state index contributed by atoms with van der Waals surface area (Å²) in [5.41, 5.74) is 1.06. The molecule has 2 heterocycles. The second-order valence-corrected chi connectivity index (χ2v) is 11.2. The van der Waals surface area contributed by atoms with Crippen molar-refractivity contribution in [3.63, 3.8) is 0 Å². The first-order valence-electron chi connectivity index (χ1n) is 9.17. The second kappa shape index (κ2) is 9.65. The molecule has 0 saturated carbocycles. The minimum absolute atomic E-state index is 0.0386. The average molecular weight is 570 g/mol. The van der Waals surface area contributed by atoms with E-state index in [0.29, 0.717) is 16.4 Å². The van der Waals surface area contributed by atoms with Gasteiger partial charge in [-0.3, -0.25) is 10.1 Å². The van der Waals surface area contributed by atoms with Gasteiger partial charge in [0.05, 0.1) is 6.54 Å². The van der Waals surface area contributed by atoms with Gasteiger partial charge in [0.1, 0.15) is 0 Å². The summed E-state index contributed by atoms with van der Waals surface area (Å²) in [6, 6.07) is 13.5. The lowest BCUT2D eigenvalue weighted by molar-refractivity contribution is 0.102. The first-order chi connectivity index (χ1) is 15.7. The molecule has 0 fully saturated rings. The van der Waals surface area contributed by atoms with Gasteiger partial charge in [0.15, 0.2) is 0 Å². The second-order valence-electron chi connectivity index (χ2n) is 6.62. The summed E-state index contributed by atoms with van der Waals surface area (Å²) in [6.45, 7) is -0.171. The Morgan fingerprint density at radius 3 is 2.70 bits per heavy atom. The van der Waals surface area contributed by atoms with Crippen LogP contribution in [0.1, 0.15) is 16.2 Å². The number of nitrogens with one attached hydrogen (secondary N) is 1. The zero-order valence-electron chi connectivity index (χ0n) is 16.8. The predicted octanol–water partition coefficient (Wildman–Crippen LogP) is 4.08. The minimum atomic E-state index is -4.01. The molecule has 0 atom stereocenters. The number of sulfonamides is 1. The van der Waals surface area contributed by atoms with Crippen LogP contribution in [0.5, 0.6) is 0 Å². The molecular formula is C19H14BrClN6O4S2. The number of halogens is 2. The molecule has 2 aromatic heterocycles. The van der Waals surface area contributed by atoms with Crippen molar-refractivity contribution in [3.8, 4) is 11.4 Å². The lowest BCUT2D eigenvalue weighted by Crippen LogP contribution is -2.26. The molecule has 0 bridgehead atoms. The maximum Gasteiger partial charge on any atom is 0.272 e. The monoisotopic (exact) mass is 568 g/mol. The molecule has 0 radical (unpaired) electrons. The molecule has 1 N–H and O–H groups in total. The van der Waals surface area contributed by atoms with Gasteiger partial charge >= 0.3 is 0 Å². The molecule has 1 amide bonds. The van der Waals surface area contributed by atoms with Crippen molar-refractivity contribution in [2.75, 3.05) is 12.4 Å². The molecule has 0 aliphatic carbocycles. The molecule has 2 aromatic carbocycles. The van der Waals surface area contributed by atoms with Crippen LogP contribution in [-0.2, 0) is 16.6 Å². The SMILES string of the molecule is CN(Cc1nc(-c2cccc(Br)c2)no1)S(=O)(=O)c1nnc(NC(=O)c2ccc(Cl)cc2)s1. The average Bonchev–Trinajstić information content (AvgIpc) is 3.44. The lowest BCUT2D eigenvalue weighted by Gasteiger charge is -2.11. The highest BCUT2D eigenvalue weighted by molar-refractivity contribution is 9.10. The van der Waals surface area contributed by atoms with Crippen molar-refractivity contribution in [3.05, 3.63) is 69.5 Å². The van der Waals surface area contributed by atoms with Crippen molar-refractivity contribution < 1.29 is 17.7 Å². The van der Waals surface area contributed by atoms with E-state index in [1.807, 2.05) is 18.2 Å². The highest BCUT2D eigenvalue weighted by atomic mass is 79.9. The van der Waals surface area contributed by atoms with Crippen LogP contribution >= 0.6 is 38.9 Å². The highest BCUT2D eigenvalue weighted by Crippen LogP contribution is 2.25. The summed E-state index contributed by atoms with van der Waals surface area (Å²) in [5.74, 6) is -0.0249. The van der Waals surface area contributed by atoms with Crippen LogP contribution in [0.25, 0.3) is 11.4 Å². The van der Waals surface area contributed by atoms with Gasteiger partial charge < -0.3 is 4.52 Å². The third-order valence-corrected chi connectivity index (χ3v) is 8.01. The van der Waals surface area contributed by atoms with Gasteiger partial charge in [-0.15, -0.1) is 10.2 Å². The summed E-state index contributed by atoms with van der Waals surface area (Å²) >= 11 is 9.92. The maximum atomic E-state index is 12.9. The fourth-order valence-corrected chi connectivity index (χ4v) is 5.34. The summed E-state index contributed by atoms with van der Waals surface area (Å²) in [7, 11) is -2.66. The zero-order valence-corrected chi connectivity index (χ0v) is 20.7. The van der Waals surface area contributed by atoms with Gasteiger partial charge in [0.25, 0.3) is 15.9 Å². The van der Waals surface area contributed by atoms with Crippen LogP contribution in [-0.4, -0.2) is 46.0 Å². The molecule has 10 nitrogen and oxygen atoms in total. The van der Waals surface area contributed by atoms with E-state index in [9.17, 15) is 13.2 Å². The highest BCUT2D eigenvalue weighted by Gasteiger charge is 2.28. The van der Waals surface area contributed by atoms with Crippen molar-refractivity contribution in [1.82, 2.24) is 24.6 Å². The number of aromatic nitrogens is 4. The summed E-state index contributed by atoms with van der Waals surface area (Å²) in [6.07, 6.45) is 0. The van der Waals surface area contributed by atoms with E-state index in [-0.39, 0.29) is 21.9 Å². The number of rotatable bonds is 7. The predicted molar refractivity (Wildman–Crippen MR) is 125 cm³/mol. The number of hydrogen-bond acceptors (Lipinski definition) is 9. The van der Waals surface area contributed by atoms with E-state index in [1.54, 1.807) is 18.2 Å². The smallest absolute Gasteiger partial charge is 0.272 e. The Labute approximate surface area is 205 Å². The van der Waals surface area contributed by atoms with Crippen LogP contribution in [0.15, 0.2) is 61.9 Å². The fourth-order valence-electron chi connectivity index (χ4n) is 2.61. The topological polar surface area (TPSA) is 131 Å². The van der Waals surface area contributed by atoms with Crippen LogP contribution in [0, 0.1) is 0 Å². The van der Waals surface area contributed by atoms with Crippen LogP contribution < -0.4 is 5.32 Å². The summed E-state index contributed by atoms with van der Waals surface area (Å²) < 4.78 is 32.5. The maximum absolute atomic E-state index is 12.9. The quantitative estimate of drug-likeness (QED) is 0.330. The molecule has 0 spiro atoms. The van der Waals surface area contributed by atoms with Crippen LogP contribution in [0.2, 0.25) is 5.02 Å². The number of hydrogen-bond donors (Lipinski definition) is 1. The third-order valence-electron chi connectivity index (χ3n) is 4.27. The standard InChI is InChI=1S/C19H14BrClN6O4S2/c1-27(10-15-22-16(26-31-15)12-3-2-4-13(20)9-12)33(29,30)19-25-24-18(32-19)23-17(28)11-5-7-14(21)8-6-11/h2-9H,10H2,1H3,(H,23,24,28). The van der Waals surface area contributed by atoms with Gasteiger partial charge in [-0.05, 0) is 36.4 Å². The van der Waals surface area contributed by atoms with Crippen molar-refractivity contribution in [2.24, 2.45) is 0 Å². The van der Waals surface area contributed by atoms with Gasteiger partial charge in [0, 0.05) is 27.7 Å². The molecule has 4 aromatic rings. The Balaban J connectivity index is 1.44. The van der Waals surface area contributed by atoms with Gasteiger partial charge in [0.2, 0.25) is 21.2 Å². The van der Waals surface area contributed by atoms with Gasteiger partial charge in [-0.2, -0.15) is 9.29 Å². The fraction of sp³-hybridized carbons (Fsp3) is 0.105. The van der Waals surface area contributed by atoms with Crippen LogP contribution in [0.4, 0.5) is 5.13 Å². The van der Waals surface area contributed by atoms with E-state index in [1.165, 1.54) is 19.2 Å². The van der Waals surface area contributed by atoms with E-state index < -0.39 is 15.9 Å². The Bertz CT molecular complexity index is 1410. The number of carbonyl (C=O) groups excluding carboxylic acids is 1. The Hall–Kier alpha value is -2.71. The van der Waals surface area contributed by atoms with Crippen molar-refractivity contribution >= 4 is 59.9 Å². The normalized spacial score (nSPS) is 11.6. The Morgan fingerprint density at radius 1 is 1.21 bits per heavy atom. The molecule has 4 rings (SSSR count). The zero-order chi connectivity index (χ0) is 23.6. The molecule has 0 aliphatic heterocycles. The number of amides is 1. The Kier molecular flexibility index (Phi) is 6.86. The largest absolute Gasteiger partial charge is 0.338 e. The van der Waals surface area contributed by atoms with Crippen LogP contribution in [0.3, 0.4) is 0 Å². The molecule has 170 valence electrons.